The van der Waals surface area contributed by atoms with E-state index >= 15 is 0 Å². The van der Waals surface area contributed by atoms with Gasteiger partial charge in [-0.05, 0) is 46.3 Å². The summed E-state index contributed by atoms with van der Waals surface area (Å²) >= 11 is 1.38. The van der Waals surface area contributed by atoms with Gasteiger partial charge < -0.3 is 0 Å². The average molecular weight is 412 g/mol. The number of aromatic nitrogens is 10. The summed E-state index contributed by atoms with van der Waals surface area (Å²) < 4.78 is 6.64. The van der Waals surface area contributed by atoms with Crippen molar-refractivity contribution in [2.45, 2.75) is 37.7 Å². The lowest BCUT2D eigenvalue weighted by Gasteiger charge is -2.07. The fraction of sp³-hybridized carbons (Fsp3) is 0.353. The van der Waals surface area contributed by atoms with Gasteiger partial charge in [-0.25, -0.2) is 9.36 Å². The zero-order valence-electron chi connectivity index (χ0n) is 16.3. The minimum absolute atomic E-state index is 0.193. The summed E-state index contributed by atoms with van der Waals surface area (Å²) in [6, 6.07) is 9.46. The molecule has 0 radical (unpaired) electrons. The first-order chi connectivity index (χ1) is 14.1. The summed E-state index contributed by atoms with van der Waals surface area (Å²) in [5, 5.41) is 24.2. The fourth-order valence-electron chi connectivity index (χ4n) is 3.05. The van der Waals surface area contributed by atoms with E-state index in [1.54, 1.807) is 14.0 Å². The van der Waals surface area contributed by atoms with Crippen LogP contribution in [0.5, 0.6) is 0 Å². The molecule has 0 fully saturated rings. The Balaban J connectivity index is 1.68. The third kappa shape index (κ3) is 3.46. The van der Waals surface area contributed by atoms with Crippen LogP contribution >= 0.6 is 11.8 Å². The number of tetrazole rings is 2. The largest absolute Gasteiger partial charge is 0.297 e. The molecule has 150 valence electrons. The van der Waals surface area contributed by atoms with Crippen LogP contribution in [-0.4, -0.2) is 49.8 Å². The van der Waals surface area contributed by atoms with E-state index in [1.165, 1.54) is 16.4 Å². The predicted octanol–water partition coefficient (Wildman–Crippen LogP) is 1.15. The molecule has 29 heavy (non-hydrogen) atoms. The Hall–Kier alpha value is -3.28. The van der Waals surface area contributed by atoms with Crippen molar-refractivity contribution < 1.29 is 0 Å². The Bertz CT molecular complexity index is 1170. The molecule has 12 heteroatoms. The Morgan fingerprint density at radius 1 is 1.07 bits per heavy atom. The minimum atomic E-state index is -0.193. The summed E-state index contributed by atoms with van der Waals surface area (Å²) in [6.45, 7) is 4.68. The molecule has 0 saturated heterocycles. The molecule has 1 aromatic carbocycles. The highest BCUT2D eigenvalue weighted by atomic mass is 32.2. The zero-order valence-corrected chi connectivity index (χ0v) is 17.1. The Labute approximate surface area is 170 Å². The lowest BCUT2D eigenvalue weighted by molar-refractivity contribution is 0.564. The molecule has 4 rings (SSSR count). The van der Waals surface area contributed by atoms with E-state index in [0.717, 1.165) is 30.2 Å². The molecule has 3 heterocycles. The standard InChI is InChI=1S/C17H20N10OS/c1-4-10-25-14(18-20-22-25)11-29-17-19-21-23-26(17)15-12(2)24(3)27(16(15)28)13-8-6-5-7-9-13/h5-9H,4,10-11H2,1-3H3. The summed E-state index contributed by atoms with van der Waals surface area (Å²) in [4.78, 5) is 13.2. The van der Waals surface area contributed by atoms with Gasteiger partial charge >= 0.3 is 0 Å². The van der Waals surface area contributed by atoms with Gasteiger partial charge in [0.25, 0.3) is 5.56 Å². The van der Waals surface area contributed by atoms with Crippen molar-refractivity contribution in [2.24, 2.45) is 7.05 Å². The second-order valence-electron chi connectivity index (χ2n) is 6.39. The summed E-state index contributed by atoms with van der Waals surface area (Å²) in [5.74, 6) is 1.23. The first-order valence-corrected chi connectivity index (χ1v) is 10.1. The van der Waals surface area contributed by atoms with Gasteiger partial charge in [0, 0.05) is 13.6 Å². The number of hydrogen-bond donors (Lipinski definition) is 0. The van der Waals surface area contributed by atoms with Crippen LogP contribution in [0, 0.1) is 6.92 Å². The number of hydrogen-bond acceptors (Lipinski definition) is 8. The number of nitrogens with zero attached hydrogens (tertiary/aromatic N) is 10. The van der Waals surface area contributed by atoms with Gasteiger partial charge in [0.2, 0.25) is 5.16 Å². The van der Waals surface area contributed by atoms with Crippen molar-refractivity contribution in [3.05, 3.63) is 52.2 Å². The molecule has 4 aromatic rings. The maximum Gasteiger partial charge on any atom is 0.297 e. The lowest BCUT2D eigenvalue weighted by Crippen LogP contribution is -2.22. The van der Waals surface area contributed by atoms with Crippen molar-refractivity contribution in [3.63, 3.8) is 0 Å². The van der Waals surface area contributed by atoms with Crippen LogP contribution in [0.25, 0.3) is 11.4 Å². The normalized spacial score (nSPS) is 11.3. The van der Waals surface area contributed by atoms with Crippen LogP contribution in [0.3, 0.4) is 0 Å². The average Bonchev–Trinajstić information content (AvgIpc) is 3.41. The monoisotopic (exact) mass is 412 g/mol. The zero-order chi connectivity index (χ0) is 20.4. The number of rotatable bonds is 7. The highest BCUT2D eigenvalue weighted by molar-refractivity contribution is 7.98. The van der Waals surface area contributed by atoms with Crippen LogP contribution in [0.15, 0.2) is 40.3 Å². The topological polar surface area (TPSA) is 114 Å². The number of benzene rings is 1. The molecule has 0 aliphatic carbocycles. The van der Waals surface area contributed by atoms with E-state index in [0.29, 0.717) is 16.6 Å². The molecule has 0 aliphatic heterocycles. The molecule has 0 saturated carbocycles. The van der Waals surface area contributed by atoms with Crippen molar-refractivity contribution in [2.75, 3.05) is 0 Å². The van der Waals surface area contributed by atoms with Gasteiger partial charge in [-0.3, -0.25) is 9.48 Å². The molecule has 0 atom stereocenters. The van der Waals surface area contributed by atoms with Crippen LogP contribution in [0.1, 0.15) is 24.9 Å². The van der Waals surface area contributed by atoms with Crippen molar-refractivity contribution >= 4 is 11.8 Å². The van der Waals surface area contributed by atoms with E-state index in [-0.39, 0.29) is 5.56 Å². The quantitative estimate of drug-likeness (QED) is 0.415. The Morgan fingerprint density at radius 3 is 2.59 bits per heavy atom. The van der Waals surface area contributed by atoms with Gasteiger partial charge in [-0.15, -0.1) is 10.2 Å². The molecule has 11 nitrogen and oxygen atoms in total. The van der Waals surface area contributed by atoms with Crippen LogP contribution in [0.4, 0.5) is 0 Å². The smallest absolute Gasteiger partial charge is 0.283 e. The molecule has 0 bridgehead atoms. The molecular weight excluding hydrogens is 392 g/mol. The summed E-state index contributed by atoms with van der Waals surface area (Å²) in [6.07, 6.45) is 0.933. The van der Waals surface area contributed by atoms with Gasteiger partial charge in [-0.2, -0.15) is 4.68 Å². The van der Waals surface area contributed by atoms with E-state index in [2.05, 4.69) is 38.0 Å². The fourth-order valence-corrected chi connectivity index (χ4v) is 3.86. The van der Waals surface area contributed by atoms with E-state index in [4.69, 9.17) is 0 Å². The Morgan fingerprint density at radius 2 is 1.83 bits per heavy atom. The van der Waals surface area contributed by atoms with Crippen LogP contribution in [0.2, 0.25) is 0 Å². The highest BCUT2D eigenvalue weighted by Gasteiger charge is 2.22. The van der Waals surface area contributed by atoms with Crippen molar-refractivity contribution in [3.8, 4) is 11.4 Å². The number of aryl methyl sites for hydroxylation is 1. The highest BCUT2D eigenvalue weighted by Crippen LogP contribution is 2.22. The predicted molar refractivity (Wildman–Crippen MR) is 106 cm³/mol. The van der Waals surface area contributed by atoms with E-state index in [9.17, 15) is 4.79 Å². The maximum atomic E-state index is 13.2. The van der Waals surface area contributed by atoms with Gasteiger partial charge in [-0.1, -0.05) is 36.9 Å². The molecule has 0 spiro atoms. The van der Waals surface area contributed by atoms with Crippen LogP contribution in [-0.2, 0) is 19.3 Å². The third-order valence-electron chi connectivity index (χ3n) is 4.55. The van der Waals surface area contributed by atoms with Crippen molar-refractivity contribution in [1.82, 2.24) is 49.8 Å². The molecule has 0 aliphatic rings. The van der Waals surface area contributed by atoms with Crippen molar-refractivity contribution in [1.29, 1.82) is 0 Å². The first kappa shape index (κ1) is 19.1. The second-order valence-corrected chi connectivity index (χ2v) is 7.33. The molecule has 3 aromatic heterocycles. The molecular formula is C17H20N10OS. The molecule has 0 N–H and O–H groups in total. The Kier molecular flexibility index (Phi) is 5.25. The van der Waals surface area contributed by atoms with Gasteiger partial charge in [0.15, 0.2) is 11.5 Å². The summed E-state index contributed by atoms with van der Waals surface area (Å²) in [7, 11) is 1.84. The number of para-hydroxylation sites is 1. The van der Waals surface area contributed by atoms with Crippen LogP contribution < -0.4 is 5.56 Å². The SMILES string of the molecule is CCCn1nnnc1CSc1nnnn1-c1c(C)n(C)n(-c2ccccc2)c1=O. The third-order valence-corrected chi connectivity index (χ3v) is 5.46. The number of thioether (sulfide) groups is 1. The van der Waals surface area contributed by atoms with E-state index in [1.807, 2.05) is 44.3 Å². The van der Waals surface area contributed by atoms with Gasteiger partial charge in [0.05, 0.1) is 17.1 Å². The lowest BCUT2D eigenvalue weighted by atomic mass is 10.3. The first-order valence-electron chi connectivity index (χ1n) is 9.12. The molecule has 0 amide bonds. The molecule has 0 unspecified atom stereocenters. The van der Waals surface area contributed by atoms with E-state index < -0.39 is 0 Å². The second kappa shape index (κ2) is 7.99. The summed E-state index contributed by atoms with van der Waals surface area (Å²) in [5.41, 5.74) is 1.75. The van der Waals surface area contributed by atoms with Gasteiger partial charge in [0.1, 0.15) is 0 Å². The minimum Gasteiger partial charge on any atom is -0.283 e. The maximum absolute atomic E-state index is 13.2.